The molecule has 5 nitrogen and oxygen atoms in total. The zero-order valence-corrected chi connectivity index (χ0v) is 18.8. The van der Waals surface area contributed by atoms with E-state index in [1.54, 1.807) is 26.2 Å². The van der Waals surface area contributed by atoms with E-state index >= 15 is 0 Å². The normalized spacial score (nSPS) is 22.6. The number of methoxy groups -OCH3 is 2. The first kappa shape index (κ1) is 21.4. The molecule has 0 saturated heterocycles. The van der Waals surface area contributed by atoms with Crippen LogP contribution in [0.5, 0.6) is 11.5 Å². The molecule has 0 bridgehead atoms. The number of nitrogens with zero attached hydrogens (tertiary/aromatic N) is 2. The Balaban J connectivity index is 1.71. The predicted octanol–water partition coefficient (Wildman–Crippen LogP) is 5.45. The maximum Gasteiger partial charge on any atom is 0.261 e. The summed E-state index contributed by atoms with van der Waals surface area (Å²) in [5.74, 6) is 1.59. The van der Waals surface area contributed by atoms with Crippen molar-refractivity contribution >= 4 is 29.3 Å². The van der Waals surface area contributed by atoms with E-state index < -0.39 is 5.38 Å². The standard InChI is InChI=1S/C25H27ClN2O3/c1-16(26)25(29)28-24(18-9-13-21(31-3)14-10-18)22-6-4-5-19(23(22)27-28)15-17-7-11-20(30-2)12-8-17/h7-16,22,24H,4-6H2,1-3H3/b19-15+/t16-,22-,24+/m1/s1. The zero-order chi connectivity index (χ0) is 22.0. The van der Waals surface area contributed by atoms with Gasteiger partial charge in [-0.25, -0.2) is 5.01 Å². The molecule has 31 heavy (non-hydrogen) atoms. The molecule has 1 amide bonds. The third kappa shape index (κ3) is 4.33. The van der Waals surface area contributed by atoms with Gasteiger partial charge in [-0.1, -0.05) is 24.3 Å². The lowest BCUT2D eigenvalue weighted by Crippen LogP contribution is -2.35. The average Bonchev–Trinajstić information content (AvgIpc) is 3.19. The van der Waals surface area contributed by atoms with E-state index in [4.69, 9.17) is 26.2 Å². The topological polar surface area (TPSA) is 51.1 Å². The number of halogens is 1. The number of alkyl halides is 1. The zero-order valence-electron chi connectivity index (χ0n) is 18.0. The Morgan fingerprint density at radius 2 is 1.71 bits per heavy atom. The van der Waals surface area contributed by atoms with Crippen LogP contribution in [0.1, 0.15) is 43.4 Å². The summed E-state index contributed by atoms with van der Waals surface area (Å²) in [6.07, 6.45) is 5.15. The van der Waals surface area contributed by atoms with E-state index in [1.165, 1.54) is 5.57 Å². The third-order valence-electron chi connectivity index (χ3n) is 5.98. The Bertz CT molecular complexity index is 996. The second kappa shape index (κ2) is 9.15. The number of carbonyl (C=O) groups is 1. The molecule has 0 aromatic heterocycles. The van der Waals surface area contributed by atoms with Crippen molar-refractivity contribution in [3.8, 4) is 11.5 Å². The van der Waals surface area contributed by atoms with Gasteiger partial charge in [0, 0.05) is 5.92 Å². The third-order valence-corrected chi connectivity index (χ3v) is 6.17. The minimum atomic E-state index is -0.640. The van der Waals surface area contributed by atoms with E-state index in [1.807, 2.05) is 48.5 Å². The predicted molar refractivity (Wildman–Crippen MR) is 124 cm³/mol. The number of benzene rings is 2. The van der Waals surface area contributed by atoms with Gasteiger partial charge in [-0.15, -0.1) is 11.6 Å². The molecule has 0 spiro atoms. The monoisotopic (exact) mass is 438 g/mol. The Morgan fingerprint density at radius 1 is 1.10 bits per heavy atom. The molecule has 0 N–H and O–H groups in total. The second-order valence-electron chi connectivity index (χ2n) is 7.94. The van der Waals surface area contributed by atoms with Crippen molar-refractivity contribution in [1.82, 2.24) is 5.01 Å². The van der Waals surface area contributed by atoms with E-state index in [9.17, 15) is 4.79 Å². The Hall–Kier alpha value is -2.79. The van der Waals surface area contributed by atoms with Crippen molar-refractivity contribution in [2.45, 2.75) is 37.6 Å². The van der Waals surface area contributed by atoms with Gasteiger partial charge in [-0.2, -0.15) is 5.10 Å². The smallest absolute Gasteiger partial charge is 0.261 e. The number of hydrogen-bond acceptors (Lipinski definition) is 4. The first-order chi connectivity index (χ1) is 15.0. The lowest BCUT2D eigenvalue weighted by molar-refractivity contribution is -0.132. The van der Waals surface area contributed by atoms with Crippen LogP contribution in [0, 0.1) is 5.92 Å². The van der Waals surface area contributed by atoms with E-state index in [0.29, 0.717) is 0 Å². The molecule has 2 aliphatic rings. The lowest BCUT2D eigenvalue weighted by Gasteiger charge is -2.30. The van der Waals surface area contributed by atoms with Gasteiger partial charge in [0.1, 0.15) is 16.9 Å². The minimum absolute atomic E-state index is 0.144. The summed E-state index contributed by atoms with van der Waals surface area (Å²) in [6, 6.07) is 15.7. The molecule has 1 saturated carbocycles. The molecule has 6 heteroatoms. The second-order valence-corrected chi connectivity index (χ2v) is 8.60. The van der Waals surface area contributed by atoms with Crippen LogP contribution in [0.15, 0.2) is 59.2 Å². The number of hydrogen-bond donors (Lipinski definition) is 0. The molecule has 162 valence electrons. The molecular weight excluding hydrogens is 412 g/mol. The highest BCUT2D eigenvalue weighted by atomic mass is 35.5. The maximum absolute atomic E-state index is 13.0. The van der Waals surface area contributed by atoms with Gasteiger partial charge in [0.15, 0.2) is 0 Å². The Labute approximate surface area is 188 Å². The highest BCUT2D eigenvalue weighted by molar-refractivity contribution is 6.30. The number of allylic oxidation sites excluding steroid dienone is 1. The van der Waals surface area contributed by atoms with Gasteiger partial charge in [0.05, 0.1) is 26.0 Å². The largest absolute Gasteiger partial charge is 0.497 e. The SMILES string of the molecule is COc1ccc(/C=C2\CCC[C@@H]3C2=NN(C(=O)[C@@H](C)Cl)[C@H]3c2ccc(OC)cc2)cc1. The van der Waals surface area contributed by atoms with Crippen LogP contribution in [0.2, 0.25) is 0 Å². The van der Waals surface area contributed by atoms with Gasteiger partial charge in [-0.3, -0.25) is 4.79 Å². The van der Waals surface area contributed by atoms with Crippen molar-refractivity contribution in [3.05, 3.63) is 65.2 Å². The average molecular weight is 439 g/mol. The van der Waals surface area contributed by atoms with E-state index in [0.717, 1.165) is 47.6 Å². The first-order valence-corrected chi connectivity index (χ1v) is 11.0. The molecule has 1 heterocycles. The molecule has 0 radical (unpaired) electrons. The van der Waals surface area contributed by atoms with Crippen LogP contribution in [0.4, 0.5) is 0 Å². The van der Waals surface area contributed by atoms with Gasteiger partial charge < -0.3 is 9.47 Å². The highest BCUT2D eigenvalue weighted by Gasteiger charge is 2.44. The molecule has 2 aromatic carbocycles. The maximum atomic E-state index is 13.0. The fourth-order valence-electron chi connectivity index (χ4n) is 4.40. The summed E-state index contributed by atoms with van der Waals surface area (Å²) >= 11 is 6.19. The molecule has 1 aliphatic heterocycles. The lowest BCUT2D eigenvalue weighted by atomic mass is 9.77. The van der Waals surface area contributed by atoms with Crippen molar-refractivity contribution in [2.75, 3.05) is 14.2 Å². The molecule has 3 atom stereocenters. The number of carbonyl (C=O) groups excluding carboxylic acids is 1. The summed E-state index contributed by atoms with van der Waals surface area (Å²) in [6.45, 7) is 1.70. The van der Waals surface area contributed by atoms with Crippen LogP contribution in [-0.2, 0) is 4.79 Å². The molecule has 2 aromatic rings. The van der Waals surface area contributed by atoms with Gasteiger partial charge in [0.25, 0.3) is 5.91 Å². The van der Waals surface area contributed by atoms with Crippen molar-refractivity contribution in [2.24, 2.45) is 11.0 Å². The van der Waals surface area contributed by atoms with Gasteiger partial charge in [-0.05, 0) is 73.2 Å². The van der Waals surface area contributed by atoms with E-state index in [-0.39, 0.29) is 17.9 Å². The van der Waals surface area contributed by atoms with Gasteiger partial charge >= 0.3 is 0 Å². The summed E-state index contributed by atoms with van der Waals surface area (Å²) < 4.78 is 10.6. The molecule has 0 unspecified atom stereocenters. The summed E-state index contributed by atoms with van der Waals surface area (Å²) in [4.78, 5) is 13.0. The minimum Gasteiger partial charge on any atom is -0.497 e. The van der Waals surface area contributed by atoms with Crippen molar-refractivity contribution in [3.63, 3.8) is 0 Å². The number of amides is 1. The van der Waals surface area contributed by atoms with Crippen LogP contribution >= 0.6 is 11.6 Å². The Kier molecular flexibility index (Phi) is 6.33. The summed E-state index contributed by atoms with van der Waals surface area (Å²) in [5, 5.41) is 5.80. The van der Waals surface area contributed by atoms with E-state index in [2.05, 4.69) is 6.08 Å². The van der Waals surface area contributed by atoms with Crippen LogP contribution in [0.3, 0.4) is 0 Å². The van der Waals surface area contributed by atoms with Crippen molar-refractivity contribution in [1.29, 1.82) is 0 Å². The highest BCUT2D eigenvalue weighted by Crippen LogP contribution is 2.45. The quantitative estimate of drug-likeness (QED) is 0.583. The number of fused-ring (bicyclic) bond motifs is 1. The molecule has 1 aliphatic carbocycles. The Morgan fingerprint density at radius 3 is 2.29 bits per heavy atom. The van der Waals surface area contributed by atoms with Gasteiger partial charge in [0.2, 0.25) is 0 Å². The number of hydrazone groups is 1. The fourth-order valence-corrected chi connectivity index (χ4v) is 4.50. The van der Waals surface area contributed by atoms with Crippen LogP contribution in [0.25, 0.3) is 6.08 Å². The summed E-state index contributed by atoms with van der Waals surface area (Å²) in [7, 11) is 3.31. The summed E-state index contributed by atoms with van der Waals surface area (Å²) in [5.41, 5.74) is 4.31. The van der Waals surface area contributed by atoms with Crippen LogP contribution < -0.4 is 9.47 Å². The first-order valence-electron chi connectivity index (χ1n) is 10.6. The number of rotatable bonds is 5. The van der Waals surface area contributed by atoms with Crippen molar-refractivity contribution < 1.29 is 14.3 Å². The van der Waals surface area contributed by atoms with Crippen LogP contribution in [-0.4, -0.2) is 36.2 Å². The number of ether oxygens (including phenoxy) is 2. The fraction of sp³-hybridized carbons (Fsp3) is 0.360. The molecule has 1 fully saturated rings. The molecular formula is C25H27ClN2O3. The molecule has 4 rings (SSSR count).